The maximum atomic E-state index is 5.85. The Morgan fingerprint density at radius 2 is 1.50 bits per heavy atom. The first-order chi connectivity index (χ1) is 12.3. The van der Waals surface area contributed by atoms with Crippen LogP contribution in [-0.4, -0.2) is 28.3 Å². The third-order valence-corrected chi connectivity index (χ3v) is 5.79. The molecule has 26 heavy (non-hydrogen) atoms. The number of aromatic nitrogens is 2. The Kier molecular flexibility index (Phi) is 4.25. The molecule has 2 aromatic rings. The van der Waals surface area contributed by atoms with E-state index in [-0.39, 0.29) is 10.8 Å². The van der Waals surface area contributed by atoms with Gasteiger partial charge in [0.1, 0.15) is 11.5 Å². The van der Waals surface area contributed by atoms with Crippen molar-refractivity contribution in [1.29, 1.82) is 0 Å². The summed E-state index contributed by atoms with van der Waals surface area (Å²) < 4.78 is 11.6. The standard InChI is InChI=1S/C21H31N3O2/c1-20(2,3)18-15-12-24(11-10-17(15)23-25-18)13-21(4,5)19-14-8-6-7-9-16(14)22-26-19/h6-13H2,1-5H3. The molecule has 0 fully saturated rings. The molecule has 3 heterocycles. The third kappa shape index (κ3) is 3.11. The summed E-state index contributed by atoms with van der Waals surface area (Å²) in [5, 5.41) is 8.70. The maximum Gasteiger partial charge on any atom is 0.147 e. The summed E-state index contributed by atoms with van der Waals surface area (Å²) in [5.41, 5.74) is 4.94. The molecule has 0 saturated heterocycles. The van der Waals surface area contributed by atoms with Crippen molar-refractivity contribution in [3.63, 3.8) is 0 Å². The Morgan fingerprint density at radius 3 is 2.23 bits per heavy atom. The summed E-state index contributed by atoms with van der Waals surface area (Å²) in [6.07, 6.45) is 5.62. The summed E-state index contributed by atoms with van der Waals surface area (Å²) in [6.45, 7) is 14.0. The fourth-order valence-corrected chi connectivity index (χ4v) is 4.55. The Hall–Kier alpha value is -1.62. The molecular weight excluding hydrogens is 326 g/mol. The largest absolute Gasteiger partial charge is 0.360 e. The lowest BCUT2D eigenvalue weighted by Crippen LogP contribution is -2.40. The topological polar surface area (TPSA) is 55.3 Å². The quantitative estimate of drug-likeness (QED) is 0.825. The van der Waals surface area contributed by atoms with Crippen LogP contribution in [0.1, 0.15) is 81.5 Å². The molecule has 1 aliphatic heterocycles. The van der Waals surface area contributed by atoms with Crippen LogP contribution in [0.4, 0.5) is 0 Å². The second-order valence-electron chi connectivity index (χ2n) is 9.68. The molecule has 0 N–H and O–H groups in total. The summed E-state index contributed by atoms with van der Waals surface area (Å²) in [6, 6.07) is 0. The molecule has 4 rings (SSSR count). The Balaban J connectivity index is 1.55. The zero-order chi connectivity index (χ0) is 18.5. The molecule has 0 amide bonds. The van der Waals surface area contributed by atoms with Crippen LogP contribution >= 0.6 is 0 Å². The lowest BCUT2D eigenvalue weighted by atomic mass is 9.82. The molecule has 2 aliphatic rings. The van der Waals surface area contributed by atoms with Crippen molar-refractivity contribution in [2.45, 2.75) is 84.1 Å². The number of hydrogen-bond acceptors (Lipinski definition) is 5. The molecule has 1 aliphatic carbocycles. The summed E-state index contributed by atoms with van der Waals surface area (Å²) in [4.78, 5) is 2.52. The first-order valence-corrected chi connectivity index (χ1v) is 9.94. The van der Waals surface area contributed by atoms with E-state index < -0.39 is 0 Å². The van der Waals surface area contributed by atoms with E-state index in [0.717, 1.165) is 56.1 Å². The van der Waals surface area contributed by atoms with Crippen LogP contribution in [0.25, 0.3) is 0 Å². The lowest BCUT2D eigenvalue weighted by Gasteiger charge is -2.34. The highest BCUT2D eigenvalue weighted by atomic mass is 16.5. The number of fused-ring (bicyclic) bond motifs is 2. The van der Waals surface area contributed by atoms with Gasteiger partial charge in [-0.1, -0.05) is 44.9 Å². The van der Waals surface area contributed by atoms with Gasteiger partial charge in [-0.3, -0.25) is 4.90 Å². The highest BCUT2D eigenvalue weighted by Gasteiger charge is 2.36. The highest BCUT2D eigenvalue weighted by Crippen LogP contribution is 2.36. The average molecular weight is 357 g/mol. The molecule has 0 unspecified atom stereocenters. The van der Waals surface area contributed by atoms with Gasteiger partial charge in [0.2, 0.25) is 0 Å². The van der Waals surface area contributed by atoms with Gasteiger partial charge in [0.25, 0.3) is 0 Å². The lowest BCUT2D eigenvalue weighted by molar-refractivity contribution is 0.182. The van der Waals surface area contributed by atoms with Crippen LogP contribution in [0.2, 0.25) is 0 Å². The van der Waals surface area contributed by atoms with Gasteiger partial charge in [-0.15, -0.1) is 0 Å². The van der Waals surface area contributed by atoms with Gasteiger partial charge in [0, 0.05) is 48.0 Å². The Bertz CT molecular complexity index is 795. The second-order valence-corrected chi connectivity index (χ2v) is 9.68. The van der Waals surface area contributed by atoms with E-state index in [1.165, 1.54) is 29.7 Å². The zero-order valence-electron chi connectivity index (χ0n) is 16.8. The van der Waals surface area contributed by atoms with Crippen LogP contribution in [0.3, 0.4) is 0 Å². The molecule has 0 atom stereocenters. The number of nitrogens with zero attached hydrogens (tertiary/aromatic N) is 3. The molecule has 0 bridgehead atoms. The minimum absolute atomic E-state index is 0.0108. The zero-order valence-corrected chi connectivity index (χ0v) is 16.8. The average Bonchev–Trinajstić information content (AvgIpc) is 3.18. The van der Waals surface area contributed by atoms with E-state index >= 15 is 0 Å². The van der Waals surface area contributed by atoms with Crippen LogP contribution in [0.15, 0.2) is 9.05 Å². The van der Waals surface area contributed by atoms with Crippen LogP contribution < -0.4 is 0 Å². The van der Waals surface area contributed by atoms with Crippen molar-refractivity contribution in [3.05, 3.63) is 34.0 Å². The fourth-order valence-electron chi connectivity index (χ4n) is 4.55. The van der Waals surface area contributed by atoms with Crippen LogP contribution in [-0.2, 0) is 36.6 Å². The maximum absolute atomic E-state index is 5.85. The first kappa shape index (κ1) is 17.8. The fraction of sp³-hybridized carbons (Fsp3) is 0.714. The predicted octanol–water partition coefficient (Wildman–Crippen LogP) is 4.17. The monoisotopic (exact) mass is 357 g/mol. The van der Waals surface area contributed by atoms with Gasteiger partial charge in [0.15, 0.2) is 0 Å². The van der Waals surface area contributed by atoms with Crippen molar-refractivity contribution in [3.8, 4) is 0 Å². The molecule has 2 aromatic heterocycles. The van der Waals surface area contributed by atoms with Crippen molar-refractivity contribution in [2.24, 2.45) is 0 Å². The van der Waals surface area contributed by atoms with Gasteiger partial charge in [0.05, 0.1) is 11.4 Å². The minimum atomic E-state index is -0.0471. The molecule has 5 heteroatoms. The predicted molar refractivity (Wildman–Crippen MR) is 100 cm³/mol. The summed E-state index contributed by atoms with van der Waals surface area (Å²) >= 11 is 0. The number of rotatable bonds is 3. The van der Waals surface area contributed by atoms with E-state index in [1.54, 1.807) is 0 Å². The SMILES string of the molecule is CC(C)(C)c1onc2c1CN(CC(C)(C)c1onc3c1CCCC3)CC2. The first-order valence-electron chi connectivity index (χ1n) is 9.94. The number of hydrogen-bond donors (Lipinski definition) is 0. The summed E-state index contributed by atoms with van der Waals surface area (Å²) in [7, 11) is 0. The molecule has 5 nitrogen and oxygen atoms in total. The molecule has 0 aromatic carbocycles. The van der Waals surface area contributed by atoms with Gasteiger partial charge in [-0.2, -0.15) is 0 Å². The van der Waals surface area contributed by atoms with E-state index in [4.69, 9.17) is 9.05 Å². The molecule has 0 saturated carbocycles. The van der Waals surface area contributed by atoms with Gasteiger partial charge in [-0.25, -0.2) is 0 Å². The normalized spacial score (nSPS) is 18.7. The minimum Gasteiger partial charge on any atom is -0.360 e. The smallest absolute Gasteiger partial charge is 0.147 e. The molecular formula is C21H31N3O2. The Labute approximate surface area is 156 Å². The van der Waals surface area contributed by atoms with E-state index in [0.29, 0.717) is 0 Å². The van der Waals surface area contributed by atoms with Gasteiger partial charge in [-0.05, 0) is 25.7 Å². The van der Waals surface area contributed by atoms with Crippen LogP contribution in [0, 0.1) is 0 Å². The van der Waals surface area contributed by atoms with E-state index in [2.05, 4.69) is 49.8 Å². The second kappa shape index (κ2) is 6.22. The van der Waals surface area contributed by atoms with Crippen molar-refractivity contribution in [2.75, 3.05) is 13.1 Å². The summed E-state index contributed by atoms with van der Waals surface area (Å²) in [5.74, 6) is 2.13. The van der Waals surface area contributed by atoms with Crippen molar-refractivity contribution < 1.29 is 9.05 Å². The van der Waals surface area contributed by atoms with Crippen molar-refractivity contribution >= 4 is 0 Å². The molecule has 0 radical (unpaired) electrons. The van der Waals surface area contributed by atoms with Crippen molar-refractivity contribution in [1.82, 2.24) is 15.2 Å². The highest BCUT2D eigenvalue weighted by molar-refractivity contribution is 5.32. The van der Waals surface area contributed by atoms with E-state index in [1.807, 2.05) is 0 Å². The van der Waals surface area contributed by atoms with E-state index in [9.17, 15) is 0 Å². The third-order valence-electron chi connectivity index (χ3n) is 5.79. The molecule has 142 valence electrons. The molecule has 0 spiro atoms. The van der Waals surface area contributed by atoms with Crippen LogP contribution in [0.5, 0.6) is 0 Å². The Morgan fingerprint density at radius 1 is 0.846 bits per heavy atom. The van der Waals surface area contributed by atoms with Gasteiger partial charge >= 0.3 is 0 Å². The van der Waals surface area contributed by atoms with Gasteiger partial charge < -0.3 is 9.05 Å². The number of aryl methyl sites for hydroxylation is 1.